The number of ether oxygens (including phenoxy) is 1. The number of carbonyl (C=O) groups excluding carboxylic acids is 2. The van der Waals surface area contributed by atoms with Gasteiger partial charge in [0.1, 0.15) is 0 Å². The van der Waals surface area contributed by atoms with Gasteiger partial charge in [-0.05, 0) is 19.8 Å². The number of piperidine rings is 1. The van der Waals surface area contributed by atoms with Gasteiger partial charge in [0.2, 0.25) is 6.40 Å². The molecule has 2 fully saturated rings. The number of carbonyl (C=O) groups is 2. The van der Waals surface area contributed by atoms with Crippen molar-refractivity contribution in [2.24, 2.45) is 4.99 Å². The van der Waals surface area contributed by atoms with Gasteiger partial charge in [-0.25, -0.2) is 14.6 Å². The molecule has 3 aliphatic rings. The Morgan fingerprint density at radius 1 is 1.50 bits per heavy atom. The van der Waals surface area contributed by atoms with Crippen LogP contribution in [0.5, 0.6) is 0 Å². The standard InChI is InChI=1S/C11H16N4O8S/c1-2-21-11(17)15-9(12-6-22-15)8-4-3-7-5-13(8)10(16)14(7)23-24(18,19)20/h6-9H,2-5H2,1H3,(H,18,19,20)/t7-,8+,9?/m0/s1. The van der Waals surface area contributed by atoms with E-state index in [9.17, 15) is 18.0 Å². The Morgan fingerprint density at radius 3 is 2.92 bits per heavy atom. The predicted octanol–water partition coefficient (Wildman–Crippen LogP) is -0.252. The molecule has 1 unspecified atom stereocenters. The highest BCUT2D eigenvalue weighted by atomic mass is 32.3. The number of hydrogen-bond donors (Lipinski definition) is 1. The van der Waals surface area contributed by atoms with E-state index in [4.69, 9.17) is 14.1 Å². The Balaban J connectivity index is 1.76. The van der Waals surface area contributed by atoms with Crippen LogP contribution in [0, 0.1) is 0 Å². The van der Waals surface area contributed by atoms with E-state index in [1.807, 2.05) is 0 Å². The van der Waals surface area contributed by atoms with Crippen molar-refractivity contribution in [1.29, 1.82) is 0 Å². The summed E-state index contributed by atoms with van der Waals surface area (Å²) >= 11 is 0. The first-order valence-corrected chi connectivity index (χ1v) is 8.59. The van der Waals surface area contributed by atoms with Crippen molar-refractivity contribution in [2.75, 3.05) is 13.2 Å². The molecule has 0 spiro atoms. The van der Waals surface area contributed by atoms with Crippen LogP contribution in [-0.4, -0.2) is 77.9 Å². The van der Waals surface area contributed by atoms with Crippen LogP contribution in [0.25, 0.3) is 0 Å². The van der Waals surface area contributed by atoms with Crippen molar-refractivity contribution in [3.63, 3.8) is 0 Å². The number of rotatable bonds is 4. The molecule has 24 heavy (non-hydrogen) atoms. The zero-order valence-electron chi connectivity index (χ0n) is 12.6. The summed E-state index contributed by atoms with van der Waals surface area (Å²) in [5.74, 6) is 0. The molecule has 3 aliphatic heterocycles. The zero-order chi connectivity index (χ0) is 17.5. The van der Waals surface area contributed by atoms with E-state index in [0.29, 0.717) is 17.9 Å². The summed E-state index contributed by atoms with van der Waals surface area (Å²) in [6, 6.07) is -1.78. The molecule has 0 aromatic heterocycles. The minimum atomic E-state index is -4.81. The molecule has 0 aromatic rings. The van der Waals surface area contributed by atoms with E-state index >= 15 is 0 Å². The maximum absolute atomic E-state index is 12.4. The Bertz CT molecular complexity index is 667. The van der Waals surface area contributed by atoms with Crippen molar-refractivity contribution in [2.45, 2.75) is 38.0 Å². The van der Waals surface area contributed by atoms with Crippen LogP contribution in [0.15, 0.2) is 4.99 Å². The lowest BCUT2D eigenvalue weighted by Gasteiger charge is -2.35. The van der Waals surface area contributed by atoms with Gasteiger partial charge in [-0.3, -0.25) is 4.55 Å². The van der Waals surface area contributed by atoms with Crippen LogP contribution in [0.1, 0.15) is 19.8 Å². The SMILES string of the molecule is CCOC(=O)N1OC=NC1[C@H]1CC[C@H]2CN1C(=O)N2OS(=O)(=O)O. The normalized spacial score (nSPS) is 29.2. The summed E-state index contributed by atoms with van der Waals surface area (Å²) in [5.41, 5.74) is 0. The summed E-state index contributed by atoms with van der Waals surface area (Å²) in [6.45, 7) is 1.97. The van der Waals surface area contributed by atoms with Crippen LogP contribution in [0.3, 0.4) is 0 Å². The number of fused-ring (bicyclic) bond motifs is 2. The highest BCUT2D eigenvalue weighted by Crippen LogP contribution is 2.34. The van der Waals surface area contributed by atoms with E-state index in [1.165, 1.54) is 4.90 Å². The van der Waals surface area contributed by atoms with Gasteiger partial charge in [-0.2, -0.15) is 13.5 Å². The van der Waals surface area contributed by atoms with Crippen molar-refractivity contribution < 1.29 is 36.4 Å². The second kappa shape index (κ2) is 6.07. The Morgan fingerprint density at radius 2 is 2.25 bits per heavy atom. The minimum absolute atomic E-state index is 0.150. The number of amides is 3. The molecular weight excluding hydrogens is 348 g/mol. The molecular formula is C11H16N4O8S. The average Bonchev–Trinajstić information content (AvgIpc) is 3.07. The van der Waals surface area contributed by atoms with Crippen LogP contribution in [-0.2, 0) is 24.3 Å². The van der Waals surface area contributed by atoms with Crippen LogP contribution < -0.4 is 0 Å². The third-order valence-corrected chi connectivity index (χ3v) is 4.30. The predicted molar refractivity (Wildman–Crippen MR) is 75.6 cm³/mol. The van der Waals surface area contributed by atoms with Gasteiger partial charge in [-0.15, -0.1) is 9.35 Å². The van der Waals surface area contributed by atoms with Gasteiger partial charge < -0.3 is 14.5 Å². The van der Waals surface area contributed by atoms with Crippen LogP contribution in [0.4, 0.5) is 9.59 Å². The zero-order valence-corrected chi connectivity index (χ0v) is 13.5. The number of aliphatic imine (C=N–C) groups is 1. The lowest BCUT2D eigenvalue weighted by atomic mass is 9.99. The Labute approximate surface area is 137 Å². The summed E-state index contributed by atoms with van der Waals surface area (Å²) in [4.78, 5) is 34.7. The molecule has 0 radical (unpaired) electrons. The largest absolute Gasteiger partial charge is 0.448 e. The number of hydroxylamine groups is 4. The maximum atomic E-state index is 12.4. The molecule has 1 N–H and O–H groups in total. The van der Waals surface area contributed by atoms with Gasteiger partial charge in [0.15, 0.2) is 6.17 Å². The molecule has 3 atom stereocenters. The van der Waals surface area contributed by atoms with E-state index in [-0.39, 0.29) is 13.2 Å². The van der Waals surface area contributed by atoms with Crippen molar-refractivity contribution in [3.8, 4) is 0 Å². The fourth-order valence-corrected chi connectivity index (χ4v) is 3.42. The summed E-state index contributed by atoms with van der Waals surface area (Å²) in [5, 5.41) is 1.55. The number of nitrogens with zero attached hydrogens (tertiary/aromatic N) is 4. The maximum Gasteiger partial charge on any atom is 0.445 e. The molecule has 134 valence electrons. The topological polar surface area (TPSA) is 138 Å². The van der Waals surface area contributed by atoms with Gasteiger partial charge in [0, 0.05) is 6.54 Å². The quantitative estimate of drug-likeness (QED) is 0.674. The van der Waals surface area contributed by atoms with Gasteiger partial charge in [-0.1, -0.05) is 0 Å². The Kier molecular flexibility index (Phi) is 4.23. The van der Waals surface area contributed by atoms with Gasteiger partial charge in [0.25, 0.3) is 0 Å². The Hall–Kier alpha value is -2.12. The first-order valence-electron chi connectivity index (χ1n) is 7.23. The van der Waals surface area contributed by atoms with E-state index in [2.05, 4.69) is 9.28 Å². The molecule has 2 saturated heterocycles. The first-order chi connectivity index (χ1) is 11.3. The lowest BCUT2D eigenvalue weighted by molar-refractivity contribution is -0.0810. The minimum Gasteiger partial charge on any atom is -0.448 e. The molecule has 0 saturated carbocycles. The highest BCUT2D eigenvalue weighted by Gasteiger charge is 2.52. The molecule has 12 nitrogen and oxygen atoms in total. The number of urea groups is 1. The van der Waals surface area contributed by atoms with E-state index < -0.39 is 40.8 Å². The first kappa shape index (κ1) is 16.7. The third-order valence-electron chi connectivity index (χ3n) is 3.95. The second-order valence-electron chi connectivity index (χ2n) is 5.36. The monoisotopic (exact) mass is 364 g/mol. The van der Waals surface area contributed by atoms with Gasteiger partial charge in [0.05, 0.1) is 18.7 Å². The molecule has 3 rings (SSSR count). The summed E-state index contributed by atoms with van der Waals surface area (Å²) in [6.07, 6.45) is 0.383. The van der Waals surface area contributed by atoms with Crippen molar-refractivity contribution >= 4 is 28.9 Å². The van der Waals surface area contributed by atoms with Gasteiger partial charge >= 0.3 is 22.5 Å². The molecule has 0 aromatic carbocycles. The summed E-state index contributed by atoms with van der Waals surface area (Å²) in [7, 11) is -4.81. The van der Waals surface area contributed by atoms with Crippen molar-refractivity contribution in [1.82, 2.24) is 15.0 Å². The van der Waals surface area contributed by atoms with Crippen LogP contribution >= 0.6 is 0 Å². The molecule has 2 bridgehead atoms. The third kappa shape index (κ3) is 2.97. The van der Waals surface area contributed by atoms with Crippen molar-refractivity contribution in [3.05, 3.63) is 0 Å². The average molecular weight is 364 g/mol. The second-order valence-corrected chi connectivity index (χ2v) is 6.36. The lowest BCUT2D eigenvalue weighted by Crippen LogP contribution is -2.52. The molecule has 3 heterocycles. The van der Waals surface area contributed by atoms with E-state index in [1.54, 1.807) is 6.92 Å². The fraction of sp³-hybridized carbons (Fsp3) is 0.727. The molecule has 0 aliphatic carbocycles. The van der Waals surface area contributed by atoms with E-state index in [0.717, 1.165) is 11.5 Å². The highest BCUT2D eigenvalue weighted by molar-refractivity contribution is 7.80. The summed E-state index contributed by atoms with van der Waals surface area (Å²) < 4.78 is 39.8. The molecule has 3 amide bonds. The fourth-order valence-electron chi connectivity index (χ4n) is 3.03. The smallest absolute Gasteiger partial charge is 0.445 e. The van der Waals surface area contributed by atoms with Crippen LogP contribution in [0.2, 0.25) is 0 Å². The number of hydrogen-bond acceptors (Lipinski definition) is 8. The molecule has 13 heteroatoms.